The van der Waals surface area contributed by atoms with E-state index in [1.165, 1.54) is 0 Å². The number of carbonyl (C=O) groups excluding carboxylic acids is 1. The molecule has 21 heavy (non-hydrogen) atoms. The molecule has 1 aromatic heterocycles. The smallest absolute Gasteiger partial charge is 0.289 e. The van der Waals surface area contributed by atoms with Gasteiger partial charge in [-0.25, -0.2) is 0 Å². The van der Waals surface area contributed by atoms with E-state index in [1.807, 2.05) is 30.0 Å². The predicted octanol–water partition coefficient (Wildman–Crippen LogP) is 3.33. The zero-order chi connectivity index (χ0) is 15.2. The second kappa shape index (κ2) is 5.14. The van der Waals surface area contributed by atoms with Crippen LogP contribution in [0.3, 0.4) is 0 Å². The van der Waals surface area contributed by atoms with E-state index in [9.17, 15) is 4.79 Å². The fraction of sp³-hybridized carbons (Fsp3) is 0.438. The maximum Gasteiger partial charge on any atom is 0.289 e. The maximum absolute atomic E-state index is 12.6. The topological polar surface area (TPSA) is 45.5 Å². The lowest BCUT2D eigenvalue weighted by Crippen LogP contribution is -2.58. The van der Waals surface area contributed by atoms with Crippen LogP contribution < -0.4 is 5.32 Å². The molecule has 0 bridgehead atoms. The fourth-order valence-corrected chi connectivity index (χ4v) is 3.45. The molecule has 0 unspecified atom stereocenters. The van der Waals surface area contributed by atoms with Crippen LogP contribution in [0.5, 0.6) is 0 Å². The summed E-state index contributed by atoms with van der Waals surface area (Å²) in [6, 6.07) is 5.81. The summed E-state index contributed by atoms with van der Waals surface area (Å²) < 4.78 is 6.80. The molecule has 5 heteroatoms. The Bertz CT molecular complexity index is 706. The van der Waals surface area contributed by atoms with Crippen molar-refractivity contribution in [1.82, 2.24) is 10.2 Å². The van der Waals surface area contributed by atoms with Crippen molar-refractivity contribution in [2.45, 2.75) is 26.3 Å². The molecule has 2 heterocycles. The lowest BCUT2D eigenvalue weighted by molar-refractivity contribution is 0.0623. The number of hydrogen-bond acceptors (Lipinski definition) is 3. The van der Waals surface area contributed by atoms with Crippen LogP contribution in [0.4, 0.5) is 0 Å². The first-order chi connectivity index (χ1) is 9.85. The van der Waals surface area contributed by atoms with Crippen LogP contribution in [0.2, 0.25) is 0 Å². The molecular weight excluding hydrogens is 332 g/mol. The third kappa shape index (κ3) is 2.85. The van der Waals surface area contributed by atoms with E-state index in [0.717, 1.165) is 27.6 Å². The second-order valence-electron chi connectivity index (χ2n) is 6.29. The van der Waals surface area contributed by atoms with Crippen LogP contribution in [0.25, 0.3) is 11.0 Å². The molecule has 4 nitrogen and oxygen atoms in total. The zero-order valence-electron chi connectivity index (χ0n) is 12.5. The molecule has 1 fully saturated rings. The minimum absolute atomic E-state index is 0.0312. The highest BCUT2D eigenvalue weighted by Crippen LogP contribution is 2.28. The molecule has 3 rings (SSSR count). The normalized spacial score (nSPS) is 18.2. The Morgan fingerprint density at radius 1 is 1.38 bits per heavy atom. The Morgan fingerprint density at radius 2 is 2.14 bits per heavy atom. The number of halogens is 1. The summed E-state index contributed by atoms with van der Waals surface area (Å²) in [4.78, 5) is 14.5. The third-order valence-corrected chi connectivity index (χ3v) is 4.29. The van der Waals surface area contributed by atoms with E-state index in [1.54, 1.807) is 0 Å². The molecule has 0 spiro atoms. The van der Waals surface area contributed by atoms with E-state index >= 15 is 0 Å². The van der Waals surface area contributed by atoms with Crippen LogP contribution in [0.15, 0.2) is 27.1 Å². The van der Waals surface area contributed by atoms with E-state index in [0.29, 0.717) is 18.8 Å². The van der Waals surface area contributed by atoms with Gasteiger partial charge in [-0.15, -0.1) is 0 Å². The number of fused-ring (bicyclic) bond motifs is 1. The number of nitrogens with one attached hydrogen (secondary N) is 1. The molecule has 0 aliphatic carbocycles. The Morgan fingerprint density at radius 3 is 2.86 bits per heavy atom. The van der Waals surface area contributed by atoms with Gasteiger partial charge in [0, 0.05) is 35.0 Å². The van der Waals surface area contributed by atoms with Gasteiger partial charge in [0.2, 0.25) is 0 Å². The van der Waals surface area contributed by atoms with Crippen LogP contribution in [0, 0.1) is 6.92 Å². The molecule has 0 atom stereocenters. The van der Waals surface area contributed by atoms with Crippen molar-refractivity contribution in [2.24, 2.45) is 0 Å². The molecule has 112 valence electrons. The molecule has 1 aromatic carbocycles. The number of furan rings is 1. The lowest BCUT2D eigenvalue weighted by atomic mass is 10.0. The summed E-state index contributed by atoms with van der Waals surface area (Å²) in [6.45, 7) is 8.40. The number of benzene rings is 1. The largest absolute Gasteiger partial charge is 0.451 e. The number of piperazine rings is 1. The van der Waals surface area contributed by atoms with Gasteiger partial charge >= 0.3 is 0 Å². The van der Waals surface area contributed by atoms with E-state index in [4.69, 9.17) is 4.42 Å². The number of aryl methyl sites for hydroxylation is 1. The van der Waals surface area contributed by atoms with Crippen molar-refractivity contribution in [3.8, 4) is 0 Å². The van der Waals surface area contributed by atoms with Gasteiger partial charge in [-0.05, 0) is 44.5 Å². The van der Waals surface area contributed by atoms with Crippen molar-refractivity contribution in [2.75, 3.05) is 19.6 Å². The van der Waals surface area contributed by atoms with Gasteiger partial charge in [0.15, 0.2) is 5.76 Å². The summed E-state index contributed by atoms with van der Waals surface area (Å²) in [6.07, 6.45) is 0. The summed E-state index contributed by atoms with van der Waals surface area (Å²) in [5.74, 6) is 0.389. The summed E-state index contributed by atoms with van der Waals surface area (Å²) in [7, 11) is 0. The first kappa shape index (κ1) is 14.6. The molecule has 0 saturated carbocycles. The zero-order valence-corrected chi connectivity index (χ0v) is 14.1. The highest BCUT2D eigenvalue weighted by molar-refractivity contribution is 9.10. The van der Waals surface area contributed by atoms with E-state index in [2.05, 4.69) is 35.1 Å². The summed E-state index contributed by atoms with van der Waals surface area (Å²) in [5, 5.41) is 4.37. The van der Waals surface area contributed by atoms with E-state index < -0.39 is 0 Å². The summed E-state index contributed by atoms with van der Waals surface area (Å²) in [5.41, 5.74) is 1.76. The Kier molecular flexibility index (Phi) is 3.58. The maximum atomic E-state index is 12.6. The monoisotopic (exact) mass is 350 g/mol. The Labute approximate surface area is 132 Å². The average Bonchev–Trinajstić information content (AvgIpc) is 2.80. The van der Waals surface area contributed by atoms with Gasteiger partial charge in [0.25, 0.3) is 5.91 Å². The van der Waals surface area contributed by atoms with E-state index in [-0.39, 0.29) is 11.4 Å². The number of rotatable bonds is 1. The molecule has 1 saturated heterocycles. The minimum atomic E-state index is -0.0567. The molecule has 1 aliphatic heterocycles. The fourth-order valence-electron chi connectivity index (χ4n) is 2.86. The van der Waals surface area contributed by atoms with Gasteiger partial charge in [0.05, 0.1) is 0 Å². The van der Waals surface area contributed by atoms with Crippen molar-refractivity contribution in [3.05, 3.63) is 34.0 Å². The molecular formula is C16H19BrN2O2. The minimum Gasteiger partial charge on any atom is -0.451 e. The van der Waals surface area contributed by atoms with Crippen LogP contribution in [-0.2, 0) is 0 Å². The quantitative estimate of drug-likeness (QED) is 0.857. The van der Waals surface area contributed by atoms with Crippen molar-refractivity contribution in [1.29, 1.82) is 0 Å². The highest BCUT2D eigenvalue weighted by Gasteiger charge is 2.30. The number of amides is 1. The summed E-state index contributed by atoms with van der Waals surface area (Å²) >= 11 is 3.48. The van der Waals surface area contributed by atoms with Gasteiger partial charge in [-0.3, -0.25) is 4.79 Å². The molecule has 1 amide bonds. The molecule has 0 radical (unpaired) electrons. The Balaban J connectivity index is 1.93. The number of carbonyl (C=O) groups is 1. The van der Waals surface area contributed by atoms with Gasteiger partial charge in [-0.1, -0.05) is 15.9 Å². The van der Waals surface area contributed by atoms with Crippen LogP contribution in [-0.4, -0.2) is 36.0 Å². The van der Waals surface area contributed by atoms with Crippen molar-refractivity contribution in [3.63, 3.8) is 0 Å². The van der Waals surface area contributed by atoms with Crippen molar-refractivity contribution >= 4 is 32.8 Å². The average molecular weight is 351 g/mol. The third-order valence-electron chi connectivity index (χ3n) is 3.84. The van der Waals surface area contributed by atoms with Gasteiger partial charge in [-0.2, -0.15) is 0 Å². The SMILES string of the molecule is Cc1cc(Br)cc2cc(C(=O)N3CCNC(C)(C)C3)oc12. The first-order valence-corrected chi connectivity index (χ1v) is 7.89. The number of nitrogens with zero attached hydrogens (tertiary/aromatic N) is 1. The standard InChI is InChI=1S/C16H19BrN2O2/c1-10-6-12(17)7-11-8-13(21-14(10)11)15(20)19-5-4-18-16(2,3)9-19/h6-8,18H,4-5,9H2,1-3H3. The van der Waals surface area contributed by atoms with Gasteiger partial charge in [0.1, 0.15) is 5.58 Å². The Hall–Kier alpha value is -1.33. The molecule has 1 aliphatic rings. The number of hydrogen-bond donors (Lipinski definition) is 1. The highest BCUT2D eigenvalue weighted by atomic mass is 79.9. The molecule has 1 N–H and O–H groups in total. The van der Waals surface area contributed by atoms with Crippen LogP contribution >= 0.6 is 15.9 Å². The first-order valence-electron chi connectivity index (χ1n) is 7.10. The lowest BCUT2D eigenvalue weighted by Gasteiger charge is -2.38. The molecule has 2 aromatic rings. The van der Waals surface area contributed by atoms with Crippen molar-refractivity contribution < 1.29 is 9.21 Å². The van der Waals surface area contributed by atoms with Gasteiger partial charge < -0.3 is 14.6 Å². The second-order valence-corrected chi connectivity index (χ2v) is 7.20. The predicted molar refractivity (Wildman–Crippen MR) is 86.6 cm³/mol. The van der Waals surface area contributed by atoms with Crippen LogP contribution in [0.1, 0.15) is 30.0 Å².